The third-order valence-electron chi connectivity index (χ3n) is 4.85. The van der Waals surface area contributed by atoms with Crippen LogP contribution in [0.5, 0.6) is 5.75 Å². The van der Waals surface area contributed by atoms with Gasteiger partial charge in [0.25, 0.3) is 0 Å². The molecule has 0 spiro atoms. The van der Waals surface area contributed by atoms with E-state index in [9.17, 15) is 0 Å². The molecule has 1 fully saturated rings. The molecular formula is C19H26N4O2. The quantitative estimate of drug-likeness (QED) is 0.624. The Morgan fingerprint density at radius 1 is 1.24 bits per heavy atom. The average molecular weight is 342 g/mol. The van der Waals surface area contributed by atoms with E-state index >= 15 is 0 Å². The van der Waals surface area contributed by atoms with Crippen molar-refractivity contribution in [3.05, 3.63) is 47.2 Å². The monoisotopic (exact) mass is 342 g/mol. The Balaban J connectivity index is 1.55. The Bertz CT molecular complexity index is 726. The van der Waals surface area contributed by atoms with Crippen molar-refractivity contribution in [2.45, 2.75) is 38.6 Å². The number of aryl methyl sites for hydroxylation is 2. The molecule has 3 rings (SSSR count). The van der Waals surface area contributed by atoms with Gasteiger partial charge in [-0.15, -0.1) is 0 Å². The van der Waals surface area contributed by atoms with Crippen LogP contribution in [0.2, 0.25) is 0 Å². The zero-order valence-electron chi connectivity index (χ0n) is 15.3. The molecule has 1 saturated carbocycles. The van der Waals surface area contributed by atoms with Gasteiger partial charge in [-0.1, -0.05) is 12.1 Å². The van der Waals surface area contributed by atoms with Crippen molar-refractivity contribution in [2.24, 2.45) is 4.99 Å². The van der Waals surface area contributed by atoms with Crippen LogP contribution in [0.3, 0.4) is 0 Å². The second-order valence-corrected chi connectivity index (χ2v) is 6.54. The summed E-state index contributed by atoms with van der Waals surface area (Å²) in [6.07, 6.45) is 2.36. The van der Waals surface area contributed by atoms with Gasteiger partial charge in [-0.05, 0) is 44.4 Å². The third kappa shape index (κ3) is 3.95. The van der Waals surface area contributed by atoms with Gasteiger partial charge in [-0.3, -0.25) is 4.99 Å². The molecule has 0 bridgehead atoms. The summed E-state index contributed by atoms with van der Waals surface area (Å²) >= 11 is 0. The molecule has 0 atom stereocenters. The first-order valence-electron chi connectivity index (χ1n) is 8.58. The van der Waals surface area contributed by atoms with Crippen LogP contribution in [0, 0.1) is 13.8 Å². The fourth-order valence-corrected chi connectivity index (χ4v) is 2.91. The van der Waals surface area contributed by atoms with Crippen LogP contribution in [0.4, 0.5) is 0 Å². The van der Waals surface area contributed by atoms with Crippen molar-refractivity contribution in [2.75, 3.05) is 20.7 Å². The Morgan fingerprint density at radius 3 is 2.48 bits per heavy atom. The van der Waals surface area contributed by atoms with Gasteiger partial charge in [0.15, 0.2) is 5.96 Å². The standard InChI is InChI=1S/C19H26N4O2/c1-13-14(2)25-17(23-13)11-21-18(20-3)22-12-19(9-10-19)15-5-7-16(24-4)8-6-15/h5-8H,9-12H2,1-4H3,(H2,20,21,22). The number of oxazole rings is 1. The zero-order valence-corrected chi connectivity index (χ0v) is 15.3. The lowest BCUT2D eigenvalue weighted by Gasteiger charge is -2.19. The van der Waals surface area contributed by atoms with Gasteiger partial charge in [0, 0.05) is 19.0 Å². The fourth-order valence-electron chi connectivity index (χ4n) is 2.91. The number of aliphatic imine (C=N–C) groups is 1. The molecule has 0 unspecified atom stereocenters. The normalized spacial score (nSPS) is 15.8. The number of methoxy groups -OCH3 is 1. The Kier molecular flexibility index (Phi) is 4.97. The fraction of sp³-hybridized carbons (Fsp3) is 0.474. The molecule has 1 heterocycles. The van der Waals surface area contributed by atoms with Crippen LogP contribution in [0.15, 0.2) is 33.7 Å². The van der Waals surface area contributed by atoms with Crippen molar-refractivity contribution in [1.29, 1.82) is 0 Å². The van der Waals surface area contributed by atoms with Crippen molar-refractivity contribution >= 4 is 5.96 Å². The molecular weight excluding hydrogens is 316 g/mol. The number of ether oxygens (including phenoxy) is 1. The van der Waals surface area contributed by atoms with Crippen molar-refractivity contribution in [3.63, 3.8) is 0 Å². The average Bonchev–Trinajstić information content (AvgIpc) is 3.35. The molecule has 1 aliphatic rings. The van der Waals surface area contributed by atoms with E-state index < -0.39 is 0 Å². The minimum atomic E-state index is 0.194. The lowest BCUT2D eigenvalue weighted by atomic mass is 9.96. The predicted molar refractivity (Wildman–Crippen MR) is 98.1 cm³/mol. The van der Waals surface area contributed by atoms with Gasteiger partial charge in [0.05, 0.1) is 19.3 Å². The summed E-state index contributed by atoms with van der Waals surface area (Å²) in [5.41, 5.74) is 2.46. The molecule has 0 saturated heterocycles. The second kappa shape index (κ2) is 7.17. The Morgan fingerprint density at radius 2 is 1.96 bits per heavy atom. The van der Waals surface area contributed by atoms with Crippen molar-refractivity contribution < 1.29 is 9.15 Å². The Labute approximate surface area is 148 Å². The zero-order chi connectivity index (χ0) is 17.9. The molecule has 1 aliphatic carbocycles. The van der Waals surface area contributed by atoms with E-state index in [4.69, 9.17) is 9.15 Å². The number of hydrogen-bond acceptors (Lipinski definition) is 4. The molecule has 6 nitrogen and oxygen atoms in total. The van der Waals surface area contributed by atoms with Gasteiger partial charge in [-0.2, -0.15) is 0 Å². The van der Waals surface area contributed by atoms with Gasteiger partial charge in [0.1, 0.15) is 11.5 Å². The molecule has 134 valence electrons. The van der Waals surface area contributed by atoms with E-state index in [0.717, 1.165) is 29.7 Å². The molecule has 2 aromatic rings. The molecule has 6 heteroatoms. The smallest absolute Gasteiger partial charge is 0.214 e. The van der Waals surface area contributed by atoms with E-state index in [1.54, 1.807) is 14.2 Å². The topological polar surface area (TPSA) is 71.7 Å². The van der Waals surface area contributed by atoms with Crippen LogP contribution in [0.25, 0.3) is 0 Å². The number of rotatable bonds is 6. The first-order chi connectivity index (χ1) is 12.1. The summed E-state index contributed by atoms with van der Waals surface area (Å²) in [7, 11) is 3.46. The lowest BCUT2D eigenvalue weighted by molar-refractivity contribution is 0.414. The first kappa shape index (κ1) is 17.3. The molecule has 1 aromatic heterocycles. The number of benzene rings is 1. The van der Waals surface area contributed by atoms with Crippen LogP contribution in [-0.2, 0) is 12.0 Å². The lowest BCUT2D eigenvalue weighted by Crippen LogP contribution is -2.40. The third-order valence-corrected chi connectivity index (χ3v) is 4.85. The summed E-state index contributed by atoms with van der Waals surface area (Å²) in [6, 6.07) is 8.36. The highest BCUT2D eigenvalue weighted by Crippen LogP contribution is 2.47. The molecule has 0 radical (unpaired) electrons. The van der Waals surface area contributed by atoms with Crippen LogP contribution in [0.1, 0.15) is 35.7 Å². The van der Waals surface area contributed by atoms with E-state index in [1.165, 1.54) is 18.4 Å². The molecule has 2 N–H and O–H groups in total. The van der Waals surface area contributed by atoms with Crippen LogP contribution >= 0.6 is 0 Å². The molecule has 1 aromatic carbocycles. The van der Waals surface area contributed by atoms with E-state index in [1.807, 2.05) is 26.0 Å². The van der Waals surface area contributed by atoms with E-state index in [0.29, 0.717) is 12.4 Å². The Hall–Kier alpha value is -2.50. The van der Waals surface area contributed by atoms with Gasteiger partial charge in [0.2, 0.25) is 5.89 Å². The van der Waals surface area contributed by atoms with E-state index in [-0.39, 0.29) is 5.41 Å². The maximum Gasteiger partial charge on any atom is 0.214 e. The summed E-state index contributed by atoms with van der Waals surface area (Å²) in [5.74, 6) is 3.18. The van der Waals surface area contributed by atoms with E-state index in [2.05, 4.69) is 32.7 Å². The number of nitrogens with zero attached hydrogens (tertiary/aromatic N) is 2. The molecule has 0 aliphatic heterocycles. The highest BCUT2D eigenvalue weighted by atomic mass is 16.5. The molecule has 0 amide bonds. The summed E-state index contributed by atoms with van der Waals surface area (Å²) in [6.45, 7) is 5.23. The highest BCUT2D eigenvalue weighted by Gasteiger charge is 2.44. The van der Waals surface area contributed by atoms with Crippen LogP contribution in [-0.4, -0.2) is 31.6 Å². The first-order valence-corrected chi connectivity index (χ1v) is 8.58. The SMILES string of the molecule is CN=C(NCc1nc(C)c(C)o1)NCC1(c2ccc(OC)cc2)CC1. The van der Waals surface area contributed by atoms with Crippen LogP contribution < -0.4 is 15.4 Å². The number of guanidine groups is 1. The second-order valence-electron chi connectivity index (χ2n) is 6.54. The maximum absolute atomic E-state index is 5.59. The minimum Gasteiger partial charge on any atom is -0.497 e. The number of aromatic nitrogens is 1. The number of nitrogens with one attached hydrogen (secondary N) is 2. The van der Waals surface area contributed by atoms with Gasteiger partial charge in [-0.25, -0.2) is 4.98 Å². The van der Waals surface area contributed by atoms with Gasteiger partial charge < -0.3 is 19.8 Å². The van der Waals surface area contributed by atoms with Crippen molar-refractivity contribution in [3.8, 4) is 5.75 Å². The summed E-state index contributed by atoms with van der Waals surface area (Å²) in [5, 5.41) is 6.69. The summed E-state index contributed by atoms with van der Waals surface area (Å²) < 4.78 is 10.8. The number of hydrogen-bond donors (Lipinski definition) is 2. The predicted octanol–water partition coefficient (Wildman–Crippen LogP) is 2.70. The van der Waals surface area contributed by atoms with Crippen molar-refractivity contribution in [1.82, 2.24) is 15.6 Å². The minimum absolute atomic E-state index is 0.194. The summed E-state index contributed by atoms with van der Waals surface area (Å²) in [4.78, 5) is 8.67. The highest BCUT2D eigenvalue weighted by molar-refractivity contribution is 5.79. The molecule has 25 heavy (non-hydrogen) atoms. The largest absolute Gasteiger partial charge is 0.497 e. The maximum atomic E-state index is 5.59. The van der Waals surface area contributed by atoms with Gasteiger partial charge >= 0.3 is 0 Å².